The van der Waals surface area contributed by atoms with Gasteiger partial charge in [-0.05, 0) is 35.4 Å². The second-order valence-electron chi connectivity index (χ2n) is 5.59. The molecule has 2 rings (SSSR count). The number of benzene rings is 2. The Bertz CT molecular complexity index is 829. The fraction of sp³-hybridized carbons (Fsp3) is 0.111. The summed E-state index contributed by atoms with van der Waals surface area (Å²) in [5.41, 5.74) is 5.92. The molecule has 11 heteroatoms. The molecule has 0 aromatic heterocycles. The third-order valence-electron chi connectivity index (χ3n) is 3.31. The van der Waals surface area contributed by atoms with Crippen molar-refractivity contribution in [2.45, 2.75) is 0 Å². The Labute approximate surface area is 176 Å². The molecule has 150 valence electrons. The first-order chi connectivity index (χ1) is 14.0. The molecule has 2 aromatic carbocycles. The van der Waals surface area contributed by atoms with Crippen molar-refractivity contribution < 1.29 is 9.59 Å². The molecule has 0 aliphatic rings. The zero-order chi connectivity index (χ0) is 21.1. The monoisotopic (exact) mass is 434 g/mol. The number of carbonyl (C=O) groups excluding carboxylic acids is 2. The first-order valence-corrected chi connectivity index (χ1v) is 8.95. The van der Waals surface area contributed by atoms with E-state index in [-0.39, 0.29) is 0 Å². The summed E-state index contributed by atoms with van der Waals surface area (Å²) < 4.78 is 0. The third kappa shape index (κ3) is 8.50. The second kappa shape index (κ2) is 11.5. The van der Waals surface area contributed by atoms with Gasteiger partial charge in [-0.1, -0.05) is 47.5 Å². The third-order valence-corrected chi connectivity index (χ3v) is 3.82. The molecule has 0 unspecified atom stereocenters. The van der Waals surface area contributed by atoms with Crippen LogP contribution in [-0.2, 0) is 9.59 Å². The fourth-order valence-corrected chi connectivity index (χ4v) is 2.22. The van der Waals surface area contributed by atoms with Gasteiger partial charge in [-0.25, -0.2) is 15.9 Å². The van der Waals surface area contributed by atoms with Crippen molar-refractivity contribution in [2.24, 2.45) is 15.5 Å². The maximum absolute atomic E-state index is 11.8. The lowest BCUT2D eigenvalue weighted by atomic mass is 10.2. The lowest BCUT2D eigenvalue weighted by molar-refractivity contribution is -0.125. The van der Waals surface area contributed by atoms with E-state index in [1.54, 1.807) is 48.5 Å². The Morgan fingerprint density at radius 3 is 1.52 bits per heavy atom. The van der Waals surface area contributed by atoms with Gasteiger partial charge in [0.1, 0.15) is 13.1 Å². The van der Waals surface area contributed by atoms with E-state index in [1.807, 2.05) is 0 Å². The van der Waals surface area contributed by atoms with E-state index in [4.69, 9.17) is 23.2 Å². The highest BCUT2D eigenvalue weighted by atomic mass is 35.5. The number of nitroso groups, excluding NO2 is 1. The van der Waals surface area contributed by atoms with E-state index in [9.17, 15) is 14.5 Å². The van der Waals surface area contributed by atoms with Gasteiger partial charge in [-0.15, -0.1) is 4.91 Å². The number of rotatable bonds is 9. The smallest absolute Gasteiger partial charge is 0.261 e. The zero-order valence-electron chi connectivity index (χ0n) is 15.0. The summed E-state index contributed by atoms with van der Waals surface area (Å²) in [5.74, 6) is -1.24. The molecule has 29 heavy (non-hydrogen) atoms. The first-order valence-electron chi connectivity index (χ1n) is 8.19. The number of hydrogen-bond donors (Lipinski definition) is 2. The van der Waals surface area contributed by atoms with E-state index >= 15 is 0 Å². The van der Waals surface area contributed by atoms with Crippen LogP contribution in [-0.4, -0.2) is 42.3 Å². The van der Waals surface area contributed by atoms with Crippen LogP contribution in [0.4, 0.5) is 0 Å². The molecule has 9 nitrogen and oxygen atoms in total. The predicted octanol–water partition coefficient (Wildman–Crippen LogP) is 2.58. The van der Waals surface area contributed by atoms with Gasteiger partial charge in [0.05, 0.1) is 17.7 Å². The van der Waals surface area contributed by atoms with Crippen LogP contribution >= 0.6 is 23.2 Å². The molecule has 0 saturated carbocycles. The lowest BCUT2D eigenvalue weighted by Crippen LogP contribution is -2.38. The molecule has 0 spiro atoms. The average Bonchev–Trinajstić information content (AvgIpc) is 2.70. The van der Waals surface area contributed by atoms with Crippen LogP contribution in [0.2, 0.25) is 10.0 Å². The van der Waals surface area contributed by atoms with E-state index in [0.29, 0.717) is 10.0 Å². The summed E-state index contributed by atoms with van der Waals surface area (Å²) in [6.45, 7) is -0.897. The summed E-state index contributed by atoms with van der Waals surface area (Å²) in [5, 5.41) is 12.1. The van der Waals surface area contributed by atoms with Gasteiger partial charge in [-0.2, -0.15) is 10.2 Å². The topological polar surface area (TPSA) is 116 Å². The van der Waals surface area contributed by atoms with E-state index in [0.717, 1.165) is 16.1 Å². The van der Waals surface area contributed by atoms with E-state index in [1.165, 1.54) is 12.4 Å². The first kappa shape index (κ1) is 22.0. The highest BCUT2D eigenvalue weighted by molar-refractivity contribution is 6.30. The van der Waals surface area contributed by atoms with E-state index < -0.39 is 24.9 Å². The lowest BCUT2D eigenvalue weighted by Gasteiger charge is -2.12. The summed E-state index contributed by atoms with van der Waals surface area (Å²) in [6.07, 6.45) is 2.82. The molecule has 0 heterocycles. The van der Waals surface area contributed by atoms with Crippen molar-refractivity contribution in [1.82, 2.24) is 15.9 Å². The van der Waals surface area contributed by atoms with Crippen molar-refractivity contribution in [1.29, 1.82) is 0 Å². The normalized spacial score (nSPS) is 10.8. The van der Waals surface area contributed by atoms with Gasteiger partial charge >= 0.3 is 0 Å². The maximum Gasteiger partial charge on any atom is 0.261 e. The Hall–Kier alpha value is -3.30. The summed E-state index contributed by atoms with van der Waals surface area (Å²) in [4.78, 5) is 34.5. The Morgan fingerprint density at radius 2 is 1.17 bits per heavy atom. The summed E-state index contributed by atoms with van der Waals surface area (Å²) in [7, 11) is 0. The molecule has 0 saturated heterocycles. The minimum atomic E-state index is -0.618. The standard InChI is InChI=1S/C18H16Cl2N6O3/c19-15-5-1-13(2-6-15)9-21-23-17(27)11-26(25-29)12-18(28)24-22-10-14-3-7-16(20)8-4-14/h1-10H,11-12H2,(H,23,27)(H,24,28)/b21-9-,22-10-. The highest BCUT2D eigenvalue weighted by Gasteiger charge is 2.13. The number of amides is 2. The number of nitrogens with zero attached hydrogens (tertiary/aromatic N) is 4. The zero-order valence-corrected chi connectivity index (χ0v) is 16.5. The molecule has 2 amide bonds. The molecule has 0 atom stereocenters. The van der Waals surface area contributed by atoms with Crippen molar-refractivity contribution in [3.63, 3.8) is 0 Å². The van der Waals surface area contributed by atoms with Gasteiger partial charge in [0.25, 0.3) is 11.8 Å². The SMILES string of the molecule is O=NN(CC(=O)N/N=C\c1ccc(Cl)cc1)CC(=O)N/N=C\c1ccc(Cl)cc1. The number of nitrogens with one attached hydrogen (secondary N) is 2. The average molecular weight is 435 g/mol. The van der Waals surface area contributed by atoms with Crippen molar-refractivity contribution in [3.05, 3.63) is 74.6 Å². The number of carbonyl (C=O) groups is 2. The molecule has 0 aliphatic heterocycles. The molecule has 0 fully saturated rings. The molecular formula is C18H16Cl2N6O3. The van der Waals surface area contributed by atoms with Crippen LogP contribution in [0.25, 0.3) is 0 Å². The fourth-order valence-electron chi connectivity index (χ4n) is 1.97. The summed E-state index contributed by atoms with van der Waals surface area (Å²) >= 11 is 11.5. The molecule has 0 aliphatic carbocycles. The van der Waals surface area contributed by atoms with Gasteiger partial charge in [0.2, 0.25) is 0 Å². The minimum absolute atomic E-state index is 0.449. The van der Waals surface area contributed by atoms with Crippen LogP contribution in [0.1, 0.15) is 11.1 Å². The van der Waals surface area contributed by atoms with Crippen LogP contribution in [0.15, 0.2) is 64.0 Å². The van der Waals surface area contributed by atoms with Crippen molar-refractivity contribution in [3.8, 4) is 0 Å². The highest BCUT2D eigenvalue weighted by Crippen LogP contribution is 2.08. The van der Waals surface area contributed by atoms with Crippen molar-refractivity contribution in [2.75, 3.05) is 13.1 Å². The molecule has 2 aromatic rings. The van der Waals surface area contributed by atoms with Crippen LogP contribution in [0.3, 0.4) is 0 Å². The minimum Gasteiger partial charge on any atom is -0.271 e. The molecule has 2 N–H and O–H groups in total. The Balaban J connectivity index is 1.75. The van der Waals surface area contributed by atoms with Crippen LogP contribution < -0.4 is 10.9 Å². The van der Waals surface area contributed by atoms with Crippen molar-refractivity contribution >= 4 is 47.4 Å². The largest absolute Gasteiger partial charge is 0.271 e. The number of halogens is 2. The maximum atomic E-state index is 11.8. The van der Waals surface area contributed by atoms with Crippen LogP contribution in [0.5, 0.6) is 0 Å². The number of hydrogen-bond acceptors (Lipinski definition) is 6. The van der Waals surface area contributed by atoms with Crippen LogP contribution in [0, 0.1) is 4.91 Å². The number of hydrazone groups is 2. The molecule has 0 bridgehead atoms. The Kier molecular flexibility index (Phi) is 8.74. The van der Waals surface area contributed by atoms with Gasteiger partial charge in [0.15, 0.2) is 0 Å². The summed E-state index contributed by atoms with van der Waals surface area (Å²) in [6, 6.07) is 13.6. The quantitative estimate of drug-likeness (QED) is 0.358. The Morgan fingerprint density at radius 1 is 0.793 bits per heavy atom. The predicted molar refractivity (Wildman–Crippen MR) is 112 cm³/mol. The molecule has 0 radical (unpaired) electrons. The van der Waals surface area contributed by atoms with Gasteiger partial charge in [0, 0.05) is 10.0 Å². The second-order valence-corrected chi connectivity index (χ2v) is 6.47. The van der Waals surface area contributed by atoms with Gasteiger partial charge < -0.3 is 0 Å². The van der Waals surface area contributed by atoms with E-state index in [2.05, 4.69) is 26.3 Å². The molecular weight excluding hydrogens is 419 g/mol. The van der Waals surface area contributed by atoms with Gasteiger partial charge in [-0.3, -0.25) is 9.59 Å².